The van der Waals surface area contributed by atoms with Gasteiger partial charge in [0.2, 0.25) is 0 Å². The molecule has 0 aliphatic rings. The lowest BCUT2D eigenvalue weighted by Gasteiger charge is -2.11. The van der Waals surface area contributed by atoms with Crippen LogP contribution in [0.2, 0.25) is 0 Å². The highest BCUT2D eigenvalue weighted by molar-refractivity contribution is 7.80. The third-order valence-electron chi connectivity index (χ3n) is 3.76. The van der Waals surface area contributed by atoms with Gasteiger partial charge in [-0.3, -0.25) is 0 Å². The first-order valence-electron chi connectivity index (χ1n) is 8.36. The van der Waals surface area contributed by atoms with E-state index in [9.17, 15) is 13.6 Å². The summed E-state index contributed by atoms with van der Waals surface area (Å²) in [7, 11) is 1.31. The number of benzene rings is 2. The van der Waals surface area contributed by atoms with E-state index in [2.05, 4.69) is 15.4 Å². The van der Waals surface area contributed by atoms with E-state index < -0.39 is 12.6 Å². The standard InChI is InChI=1S/C20H16F2N2O3S2/c1-26-18(25)15-11-16(12-5-3-2-4-6-12)29-17(15)24-20(28)23-13-7-9-14(10-8-13)27-19(21)22/h2-11,19H,1H3,(H2,23,24,28). The molecule has 0 aliphatic carbocycles. The summed E-state index contributed by atoms with van der Waals surface area (Å²) in [5, 5.41) is 6.70. The third kappa shape index (κ3) is 5.49. The third-order valence-corrected chi connectivity index (χ3v) is 5.06. The topological polar surface area (TPSA) is 59.6 Å². The molecule has 9 heteroatoms. The van der Waals surface area contributed by atoms with Crippen LogP contribution in [0.15, 0.2) is 60.7 Å². The maximum absolute atomic E-state index is 12.2. The fourth-order valence-corrected chi connectivity index (χ4v) is 3.82. The van der Waals surface area contributed by atoms with Crippen molar-refractivity contribution in [3.8, 4) is 16.2 Å². The average Bonchev–Trinajstić information content (AvgIpc) is 3.13. The van der Waals surface area contributed by atoms with Crippen LogP contribution < -0.4 is 15.4 Å². The molecule has 2 N–H and O–H groups in total. The van der Waals surface area contributed by atoms with Crippen molar-refractivity contribution in [3.63, 3.8) is 0 Å². The minimum Gasteiger partial charge on any atom is -0.465 e. The number of methoxy groups -OCH3 is 1. The van der Waals surface area contributed by atoms with Gasteiger partial charge in [-0.2, -0.15) is 8.78 Å². The number of hydrogen-bond donors (Lipinski definition) is 2. The molecule has 1 aromatic heterocycles. The molecule has 1 heterocycles. The quantitative estimate of drug-likeness (QED) is 0.388. The molecule has 0 bridgehead atoms. The van der Waals surface area contributed by atoms with E-state index >= 15 is 0 Å². The number of anilines is 2. The Morgan fingerprint density at radius 2 is 1.76 bits per heavy atom. The van der Waals surface area contributed by atoms with Crippen molar-refractivity contribution in [1.82, 2.24) is 0 Å². The normalized spacial score (nSPS) is 10.5. The zero-order valence-corrected chi connectivity index (χ0v) is 16.8. The van der Waals surface area contributed by atoms with Gasteiger partial charge in [0, 0.05) is 10.6 Å². The second-order valence-electron chi connectivity index (χ2n) is 5.69. The molecule has 29 heavy (non-hydrogen) atoms. The number of carbonyl (C=O) groups excluding carboxylic acids is 1. The number of halogens is 2. The number of hydrogen-bond acceptors (Lipinski definition) is 5. The number of thiophene rings is 1. The highest BCUT2D eigenvalue weighted by Crippen LogP contribution is 2.36. The van der Waals surface area contributed by atoms with Gasteiger partial charge in [0.15, 0.2) is 5.11 Å². The van der Waals surface area contributed by atoms with Gasteiger partial charge in [0.1, 0.15) is 10.8 Å². The molecular formula is C20H16F2N2O3S2. The highest BCUT2D eigenvalue weighted by Gasteiger charge is 2.18. The Labute approximate surface area is 175 Å². The van der Waals surface area contributed by atoms with Crippen LogP contribution in [-0.4, -0.2) is 24.8 Å². The molecule has 0 atom stereocenters. The molecule has 0 saturated carbocycles. The molecular weight excluding hydrogens is 418 g/mol. The van der Waals surface area contributed by atoms with Gasteiger partial charge >= 0.3 is 12.6 Å². The van der Waals surface area contributed by atoms with Gasteiger partial charge in [0.05, 0.1) is 12.7 Å². The summed E-state index contributed by atoms with van der Waals surface area (Å²) in [4.78, 5) is 13.0. The number of nitrogens with one attached hydrogen (secondary N) is 2. The largest absolute Gasteiger partial charge is 0.465 e. The van der Waals surface area contributed by atoms with Crippen LogP contribution in [0, 0.1) is 0 Å². The second-order valence-corrected chi connectivity index (χ2v) is 7.15. The Kier molecular flexibility index (Phi) is 6.73. The van der Waals surface area contributed by atoms with E-state index in [0.717, 1.165) is 10.4 Å². The van der Waals surface area contributed by atoms with E-state index in [1.165, 1.54) is 30.6 Å². The molecule has 0 fully saturated rings. The number of alkyl halides is 2. The maximum atomic E-state index is 12.2. The number of rotatable bonds is 6. The van der Waals surface area contributed by atoms with Crippen molar-refractivity contribution < 1.29 is 23.0 Å². The van der Waals surface area contributed by atoms with Gasteiger partial charge in [-0.25, -0.2) is 4.79 Å². The lowest BCUT2D eigenvalue weighted by molar-refractivity contribution is -0.0498. The van der Waals surface area contributed by atoms with Crippen LogP contribution >= 0.6 is 23.6 Å². The molecule has 0 saturated heterocycles. The van der Waals surface area contributed by atoms with Gasteiger partial charge in [-0.05, 0) is 48.1 Å². The predicted octanol–water partition coefficient (Wildman–Crippen LogP) is 5.61. The summed E-state index contributed by atoms with van der Waals surface area (Å²) in [5.74, 6) is -0.439. The molecule has 150 valence electrons. The Morgan fingerprint density at radius 3 is 2.38 bits per heavy atom. The lowest BCUT2D eigenvalue weighted by Crippen LogP contribution is -2.19. The number of ether oxygens (including phenoxy) is 2. The summed E-state index contributed by atoms with van der Waals surface area (Å²) in [6.45, 7) is -2.88. The molecule has 0 aliphatic heterocycles. The van der Waals surface area contributed by atoms with Crippen LogP contribution in [0.25, 0.3) is 10.4 Å². The molecule has 3 rings (SSSR count). The van der Waals surface area contributed by atoms with Crippen molar-refractivity contribution in [2.24, 2.45) is 0 Å². The second kappa shape index (κ2) is 9.44. The summed E-state index contributed by atoms with van der Waals surface area (Å²) in [6, 6.07) is 17.3. The molecule has 2 aromatic carbocycles. The maximum Gasteiger partial charge on any atom is 0.387 e. The van der Waals surface area contributed by atoms with Gasteiger partial charge in [-0.1, -0.05) is 30.3 Å². The molecule has 0 unspecified atom stereocenters. The Morgan fingerprint density at radius 1 is 1.07 bits per heavy atom. The van der Waals surface area contributed by atoms with Crippen LogP contribution in [0.3, 0.4) is 0 Å². The van der Waals surface area contributed by atoms with Crippen LogP contribution in [0.1, 0.15) is 10.4 Å². The first-order valence-corrected chi connectivity index (χ1v) is 9.59. The van der Waals surface area contributed by atoms with Crippen LogP contribution in [-0.2, 0) is 4.74 Å². The summed E-state index contributed by atoms with van der Waals surface area (Å²) in [5.41, 5.74) is 1.90. The number of carbonyl (C=O) groups is 1. The van der Waals surface area contributed by atoms with Crippen molar-refractivity contribution in [1.29, 1.82) is 0 Å². The van der Waals surface area contributed by atoms with Gasteiger partial charge < -0.3 is 20.1 Å². The fourth-order valence-electron chi connectivity index (χ4n) is 2.48. The summed E-state index contributed by atoms with van der Waals surface area (Å²) >= 11 is 6.67. The van der Waals surface area contributed by atoms with Crippen molar-refractivity contribution in [2.45, 2.75) is 6.61 Å². The monoisotopic (exact) mass is 434 g/mol. The molecule has 0 amide bonds. The van der Waals surface area contributed by atoms with Gasteiger partial charge in [0.25, 0.3) is 0 Å². The van der Waals surface area contributed by atoms with Crippen molar-refractivity contribution in [2.75, 3.05) is 17.7 Å². The number of esters is 1. The summed E-state index contributed by atoms with van der Waals surface area (Å²) in [6.07, 6.45) is 0. The molecule has 0 radical (unpaired) electrons. The smallest absolute Gasteiger partial charge is 0.387 e. The van der Waals surface area contributed by atoms with E-state index in [1.54, 1.807) is 18.2 Å². The zero-order chi connectivity index (χ0) is 20.8. The van der Waals surface area contributed by atoms with E-state index in [1.807, 2.05) is 30.3 Å². The Bertz CT molecular complexity index is 993. The minimum absolute atomic E-state index is 0.0446. The predicted molar refractivity (Wildman–Crippen MR) is 114 cm³/mol. The molecule has 5 nitrogen and oxygen atoms in total. The first-order chi connectivity index (χ1) is 14.0. The van der Waals surface area contributed by atoms with E-state index in [0.29, 0.717) is 16.3 Å². The fraction of sp³-hybridized carbons (Fsp3) is 0.100. The highest BCUT2D eigenvalue weighted by atomic mass is 32.1. The Hall–Kier alpha value is -3.04. The first kappa shape index (κ1) is 20.7. The number of thiocarbonyl (C=S) groups is 1. The summed E-state index contributed by atoms with van der Waals surface area (Å²) < 4.78 is 33.6. The lowest BCUT2D eigenvalue weighted by atomic mass is 10.1. The van der Waals surface area contributed by atoms with E-state index in [-0.39, 0.29) is 10.9 Å². The SMILES string of the molecule is COC(=O)c1cc(-c2ccccc2)sc1NC(=S)Nc1ccc(OC(F)F)cc1. The van der Waals surface area contributed by atoms with Crippen molar-refractivity contribution >= 4 is 45.3 Å². The van der Waals surface area contributed by atoms with Crippen molar-refractivity contribution in [3.05, 3.63) is 66.2 Å². The minimum atomic E-state index is -2.88. The average molecular weight is 434 g/mol. The molecule has 3 aromatic rings. The zero-order valence-electron chi connectivity index (χ0n) is 15.1. The molecule has 0 spiro atoms. The Balaban J connectivity index is 1.75. The van der Waals surface area contributed by atoms with E-state index in [4.69, 9.17) is 17.0 Å². The van der Waals surface area contributed by atoms with Crippen LogP contribution in [0.4, 0.5) is 19.5 Å². The van der Waals surface area contributed by atoms with Crippen LogP contribution in [0.5, 0.6) is 5.75 Å². The van der Waals surface area contributed by atoms with Gasteiger partial charge in [-0.15, -0.1) is 11.3 Å².